The van der Waals surface area contributed by atoms with Gasteiger partial charge in [-0.3, -0.25) is 0 Å². The van der Waals surface area contributed by atoms with Crippen molar-refractivity contribution in [3.05, 3.63) is 84.2 Å². The van der Waals surface area contributed by atoms with Gasteiger partial charge in [0.25, 0.3) is 0 Å². The predicted molar refractivity (Wildman–Crippen MR) is 111 cm³/mol. The third-order valence-electron chi connectivity index (χ3n) is 5.19. The lowest BCUT2D eigenvalue weighted by molar-refractivity contribution is 0.580. The molecule has 2 aromatic carbocycles. The van der Waals surface area contributed by atoms with E-state index in [1.54, 1.807) is 0 Å². The van der Waals surface area contributed by atoms with E-state index in [4.69, 9.17) is 0 Å². The number of aromatic nitrogens is 3. The minimum Gasteiger partial charge on any atom is -0.337 e. The number of nitrogens with zero attached hydrogens (tertiary/aromatic N) is 3. The largest absolute Gasteiger partial charge is 0.337 e. The number of aryl methyl sites for hydroxylation is 2. The Morgan fingerprint density at radius 3 is 2.74 bits per heavy atom. The number of imidazole rings is 1. The smallest absolute Gasteiger partial charge is 0.0945 e. The Kier molecular flexibility index (Phi) is 5.07. The van der Waals surface area contributed by atoms with Gasteiger partial charge in [-0.25, -0.2) is 4.98 Å². The maximum absolute atomic E-state index is 4.08. The van der Waals surface area contributed by atoms with E-state index in [-0.39, 0.29) is 0 Å². The fraction of sp³-hybridized carbons (Fsp3) is 0.261. The second-order valence-electron chi connectivity index (χ2n) is 7.06. The first-order chi connectivity index (χ1) is 13.2. The molecular weight excluding hydrogens is 332 g/mol. The Labute approximate surface area is 160 Å². The molecule has 0 aliphatic heterocycles. The molecular formula is C23H26N4. The summed E-state index contributed by atoms with van der Waals surface area (Å²) < 4.78 is 4.50. The fourth-order valence-electron chi connectivity index (χ4n) is 3.81. The lowest BCUT2D eigenvalue weighted by Crippen LogP contribution is -2.16. The van der Waals surface area contributed by atoms with Crippen LogP contribution in [0.4, 0.5) is 0 Å². The Bertz CT molecular complexity index is 1020. The first kappa shape index (κ1) is 17.6. The van der Waals surface area contributed by atoms with E-state index in [9.17, 15) is 0 Å². The van der Waals surface area contributed by atoms with Gasteiger partial charge in [0, 0.05) is 42.3 Å². The lowest BCUT2D eigenvalue weighted by atomic mass is 10.1. The predicted octanol–water partition coefficient (Wildman–Crippen LogP) is 4.62. The molecule has 4 rings (SSSR count). The van der Waals surface area contributed by atoms with Crippen molar-refractivity contribution >= 4 is 10.8 Å². The SMILES string of the molecule is Cc1cc(CNCCCn2ccnc2)c(C)n1-c1cccc2ccccc12. The van der Waals surface area contributed by atoms with E-state index >= 15 is 0 Å². The van der Waals surface area contributed by atoms with Gasteiger partial charge >= 0.3 is 0 Å². The zero-order valence-corrected chi connectivity index (χ0v) is 16.0. The van der Waals surface area contributed by atoms with Crippen molar-refractivity contribution in [2.45, 2.75) is 33.4 Å². The molecule has 27 heavy (non-hydrogen) atoms. The molecule has 4 aromatic rings. The highest BCUT2D eigenvalue weighted by molar-refractivity contribution is 5.90. The number of fused-ring (bicyclic) bond motifs is 1. The van der Waals surface area contributed by atoms with Crippen LogP contribution in [-0.4, -0.2) is 20.7 Å². The minimum absolute atomic E-state index is 0.897. The second-order valence-corrected chi connectivity index (χ2v) is 7.06. The van der Waals surface area contributed by atoms with Crippen molar-refractivity contribution in [2.75, 3.05) is 6.54 Å². The molecule has 0 spiro atoms. The van der Waals surface area contributed by atoms with E-state index in [1.165, 1.54) is 33.4 Å². The third-order valence-corrected chi connectivity index (χ3v) is 5.19. The summed E-state index contributed by atoms with van der Waals surface area (Å²) in [5, 5.41) is 6.16. The van der Waals surface area contributed by atoms with Crippen molar-refractivity contribution in [3.8, 4) is 5.69 Å². The summed E-state index contributed by atoms with van der Waals surface area (Å²) >= 11 is 0. The monoisotopic (exact) mass is 358 g/mol. The number of benzene rings is 2. The maximum atomic E-state index is 4.08. The van der Waals surface area contributed by atoms with E-state index in [0.29, 0.717) is 0 Å². The van der Waals surface area contributed by atoms with Gasteiger partial charge < -0.3 is 14.5 Å². The van der Waals surface area contributed by atoms with Crippen molar-refractivity contribution in [1.82, 2.24) is 19.4 Å². The van der Waals surface area contributed by atoms with E-state index < -0.39 is 0 Å². The first-order valence-corrected chi connectivity index (χ1v) is 9.56. The van der Waals surface area contributed by atoms with Gasteiger partial charge in [0.2, 0.25) is 0 Å². The molecule has 4 heteroatoms. The summed E-state index contributed by atoms with van der Waals surface area (Å²) in [6, 6.07) is 17.4. The van der Waals surface area contributed by atoms with Crippen LogP contribution in [-0.2, 0) is 13.1 Å². The van der Waals surface area contributed by atoms with Crippen LogP contribution in [0.2, 0.25) is 0 Å². The van der Waals surface area contributed by atoms with Crippen molar-refractivity contribution in [2.24, 2.45) is 0 Å². The molecule has 2 heterocycles. The van der Waals surface area contributed by atoms with E-state index in [1.807, 2.05) is 18.7 Å². The molecule has 0 aliphatic rings. The van der Waals surface area contributed by atoms with Gasteiger partial charge in [0.1, 0.15) is 0 Å². The van der Waals surface area contributed by atoms with Crippen molar-refractivity contribution in [3.63, 3.8) is 0 Å². The summed E-state index contributed by atoms with van der Waals surface area (Å²) in [6.07, 6.45) is 6.81. The van der Waals surface area contributed by atoms with Gasteiger partial charge in [0.05, 0.1) is 12.0 Å². The molecule has 0 radical (unpaired) electrons. The average molecular weight is 358 g/mol. The summed E-state index contributed by atoms with van der Waals surface area (Å²) in [5.74, 6) is 0. The van der Waals surface area contributed by atoms with Crippen LogP contribution in [0.1, 0.15) is 23.4 Å². The van der Waals surface area contributed by atoms with E-state index in [2.05, 4.69) is 81.8 Å². The van der Waals surface area contributed by atoms with Crippen molar-refractivity contribution < 1.29 is 0 Å². The Morgan fingerprint density at radius 1 is 1.04 bits per heavy atom. The highest BCUT2D eigenvalue weighted by Crippen LogP contribution is 2.27. The molecule has 0 saturated heterocycles. The van der Waals surface area contributed by atoms with Crippen molar-refractivity contribution in [1.29, 1.82) is 0 Å². The molecule has 0 bridgehead atoms. The molecule has 0 atom stereocenters. The Morgan fingerprint density at radius 2 is 1.89 bits per heavy atom. The van der Waals surface area contributed by atoms with Gasteiger partial charge in [-0.05, 0) is 49.9 Å². The van der Waals surface area contributed by atoms with Crippen LogP contribution in [0.3, 0.4) is 0 Å². The van der Waals surface area contributed by atoms with Gasteiger partial charge in [-0.15, -0.1) is 0 Å². The average Bonchev–Trinajstić information content (AvgIpc) is 3.29. The number of rotatable bonds is 7. The van der Waals surface area contributed by atoms with Gasteiger partial charge in [0.15, 0.2) is 0 Å². The van der Waals surface area contributed by atoms with Gasteiger partial charge in [-0.2, -0.15) is 0 Å². The quantitative estimate of drug-likeness (QED) is 0.489. The van der Waals surface area contributed by atoms with Crippen LogP contribution < -0.4 is 5.32 Å². The van der Waals surface area contributed by atoms with Crippen LogP contribution in [0, 0.1) is 13.8 Å². The zero-order valence-electron chi connectivity index (χ0n) is 16.0. The molecule has 0 unspecified atom stereocenters. The molecule has 0 fully saturated rings. The molecule has 2 aromatic heterocycles. The maximum Gasteiger partial charge on any atom is 0.0945 e. The minimum atomic E-state index is 0.897. The van der Waals surface area contributed by atoms with Crippen LogP contribution in [0.5, 0.6) is 0 Å². The topological polar surface area (TPSA) is 34.8 Å². The standard InChI is InChI=1S/C23H26N4/c1-18-15-21(16-24-11-6-13-26-14-12-25-17-26)19(2)27(18)23-10-5-8-20-7-3-4-9-22(20)23/h3-5,7-10,12,14-15,17,24H,6,11,13,16H2,1-2H3. The second kappa shape index (κ2) is 7.80. The van der Waals surface area contributed by atoms with Crippen LogP contribution in [0.15, 0.2) is 67.3 Å². The van der Waals surface area contributed by atoms with Gasteiger partial charge in [-0.1, -0.05) is 36.4 Å². The highest BCUT2D eigenvalue weighted by Gasteiger charge is 2.12. The Hall–Kier alpha value is -2.85. The number of hydrogen-bond acceptors (Lipinski definition) is 2. The molecule has 138 valence electrons. The highest BCUT2D eigenvalue weighted by atomic mass is 15.0. The molecule has 0 amide bonds. The summed E-state index contributed by atoms with van der Waals surface area (Å²) in [5.41, 5.74) is 5.21. The first-order valence-electron chi connectivity index (χ1n) is 9.56. The molecule has 4 nitrogen and oxygen atoms in total. The summed E-state index contributed by atoms with van der Waals surface area (Å²) in [4.78, 5) is 4.08. The third kappa shape index (κ3) is 3.67. The normalized spacial score (nSPS) is 11.3. The Balaban J connectivity index is 1.48. The molecule has 0 saturated carbocycles. The van der Waals surface area contributed by atoms with E-state index in [0.717, 1.165) is 26.1 Å². The molecule has 0 aliphatic carbocycles. The summed E-state index contributed by atoms with van der Waals surface area (Å²) in [7, 11) is 0. The number of nitrogens with one attached hydrogen (secondary N) is 1. The zero-order chi connectivity index (χ0) is 18.6. The van der Waals surface area contributed by atoms with Crippen LogP contribution in [0.25, 0.3) is 16.5 Å². The summed E-state index contributed by atoms with van der Waals surface area (Å²) in [6.45, 7) is 7.31. The fourth-order valence-corrected chi connectivity index (χ4v) is 3.81. The lowest BCUT2D eigenvalue weighted by Gasteiger charge is -2.13. The molecule has 1 N–H and O–H groups in total. The number of hydrogen-bond donors (Lipinski definition) is 1. The van der Waals surface area contributed by atoms with Crippen LogP contribution >= 0.6 is 0 Å².